The second-order valence-corrected chi connectivity index (χ2v) is 7.00. The summed E-state index contributed by atoms with van der Waals surface area (Å²) in [6, 6.07) is 19.6. The predicted molar refractivity (Wildman–Crippen MR) is 117 cm³/mol. The summed E-state index contributed by atoms with van der Waals surface area (Å²) >= 11 is 6.12. The maximum atomic E-state index is 13.0. The Morgan fingerprint density at radius 1 is 0.967 bits per heavy atom. The van der Waals surface area contributed by atoms with Crippen molar-refractivity contribution in [2.45, 2.75) is 20.5 Å². The second kappa shape index (κ2) is 9.94. The normalized spacial score (nSPS) is 10.4. The first-order valence-electron chi connectivity index (χ1n) is 9.54. The lowest BCUT2D eigenvalue weighted by Gasteiger charge is -2.15. The number of nitrogens with one attached hydrogen (secondary N) is 1. The monoisotopic (exact) mass is 423 g/mol. The maximum Gasteiger partial charge on any atom is 0.338 e. The highest BCUT2D eigenvalue weighted by atomic mass is 35.5. The zero-order valence-electron chi connectivity index (χ0n) is 16.8. The van der Waals surface area contributed by atoms with Crippen molar-refractivity contribution >= 4 is 29.2 Å². The van der Waals surface area contributed by atoms with E-state index in [-0.39, 0.29) is 12.5 Å². The first-order valence-corrected chi connectivity index (χ1v) is 9.91. The van der Waals surface area contributed by atoms with Crippen molar-refractivity contribution in [2.75, 3.05) is 11.9 Å². The minimum atomic E-state index is -0.430. The number of carbonyl (C=O) groups excluding carboxylic acids is 2. The van der Waals surface area contributed by atoms with E-state index in [0.717, 1.165) is 5.56 Å². The van der Waals surface area contributed by atoms with Gasteiger partial charge in [0.25, 0.3) is 5.91 Å². The molecule has 0 spiro atoms. The Morgan fingerprint density at radius 2 is 1.73 bits per heavy atom. The Hall–Kier alpha value is -3.31. The van der Waals surface area contributed by atoms with Crippen molar-refractivity contribution in [3.8, 4) is 5.75 Å². The molecule has 154 valence electrons. The molecule has 0 aliphatic heterocycles. The average molecular weight is 424 g/mol. The molecular formula is C24H22ClNO4. The molecule has 3 aromatic rings. The molecule has 0 saturated heterocycles. The Bertz CT molecular complexity index is 1050. The molecule has 0 heterocycles. The van der Waals surface area contributed by atoms with Gasteiger partial charge in [0.1, 0.15) is 12.4 Å². The van der Waals surface area contributed by atoms with Crippen LogP contribution in [0.4, 0.5) is 5.69 Å². The smallest absolute Gasteiger partial charge is 0.338 e. The van der Waals surface area contributed by atoms with Crippen LogP contribution in [0.15, 0.2) is 66.7 Å². The first kappa shape index (κ1) is 21.4. The number of hydrogen-bond acceptors (Lipinski definition) is 4. The number of esters is 1. The Morgan fingerprint density at radius 3 is 2.47 bits per heavy atom. The van der Waals surface area contributed by atoms with Gasteiger partial charge in [0.05, 0.1) is 17.7 Å². The van der Waals surface area contributed by atoms with Crippen molar-refractivity contribution in [1.82, 2.24) is 0 Å². The summed E-state index contributed by atoms with van der Waals surface area (Å²) in [5.41, 5.74) is 2.83. The molecule has 0 radical (unpaired) electrons. The molecule has 0 aliphatic rings. The van der Waals surface area contributed by atoms with E-state index in [1.54, 1.807) is 50.2 Å². The number of carbonyl (C=O) groups is 2. The number of amides is 1. The van der Waals surface area contributed by atoms with Gasteiger partial charge in [-0.3, -0.25) is 4.79 Å². The van der Waals surface area contributed by atoms with Crippen LogP contribution >= 0.6 is 11.6 Å². The Balaban J connectivity index is 1.82. The van der Waals surface area contributed by atoms with Crippen LogP contribution in [0.1, 0.15) is 38.8 Å². The van der Waals surface area contributed by atoms with Crippen LogP contribution in [0.5, 0.6) is 5.75 Å². The number of halogens is 1. The lowest BCUT2D eigenvalue weighted by molar-refractivity contribution is 0.0525. The minimum Gasteiger partial charge on any atom is -0.488 e. The quantitative estimate of drug-likeness (QED) is 0.498. The lowest BCUT2D eigenvalue weighted by Crippen LogP contribution is -2.16. The van der Waals surface area contributed by atoms with E-state index in [1.165, 1.54) is 0 Å². The SMILES string of the molecule is CCOC(=O)c1cccc(NC(=O)c2cc(Cl)ccc2OCc2ccccc2)c1C. The minimum absolute atomic E-state index is 0.277. The highest BCUT2D eigenvalue weighted by Gasteiger charge is 2.18. The summed E-state index contributed by atoms with van der Waals surface area (Å²) in [6.45, 7) is 4.10. The van der Waals surface area contributed by atoms with E-state index in [1.807, 2.05) is 30.3 Å². The molecule has 5 nitrogen and oxygen atoms in total. The van der Waals surface area contributed by atoms with Crippen molar-refractivity contribution in [3.05, 3.63) is 94.0 Å². The van der Waals surface area contributed by atoms with E-state index in [4.69, 9.17) is 21.1 Å². The Kier molecular flexibility index (Phi) is 7.09. The topological polar surface area (TPSA) is 64.6 Å². The van der Waals surface area contributed by atoms with Gasteiger partial charge in [0.2, 0.25) is 0 Å². The van der Waals surface area contributed by atoms with Gasteiger partial charge in [-0.2, -0.15) is 0 Å². The van der Waals surface area contributed by atoms with Gasteiger partial charge in [0.15, 0.2) is 0 Å². The number of rotatable bonds is 7. The van der Waals surface area contributed by atoms with Crippen LogP contribution in [-0.4, -0.2) is 18.5 Å². The van der Waals surface area contributed by atoms with Crippen molar-refractivity contribution in [2.24, 2.45) is 0 Å². The molecular weight excluding hydrogens is 402 g/mol. The number of ether oxygens (including phenoxy) is 2. The molecule has 0 atom stereocenters. The number of hydrogen-bond donors (Lipinski definition) is 1. The first-order chi connectivity index (χ1) is 14.5. The molecule has 1 amide bonds. The molecule has 0 unspecified atom stereocenters. The van der Waals surface area contributed by atoms with Crippen LogP contribution in [0.3, 0.4) is 0 Å². The largest absolute Gasteiger partial charge is 0.488 e. The van der Waals surface area contributed by atoms with Gasteiger partial charge in [-0.15, -0.1) is 0 Å². The fraction of sp³-hybridized carbons (Fsp3) is 0.167. The van der Waals surface area contributed by atoms with E-state index in [2.05, 4.69) is 5.32 Å². The van der Waals surface area contributed by atoms with Crippen LogP contribution in [0, 0.1) is 6.92 Å². The van der Waals surface area contributed by atoms with Crippen molar-refractivity contribution < 1.29 is 19.1 Å². The zero-order valence-corrected chi connectivity index (χ0v) is 17.5. The van der Waals surface area contributed by atoms with Crippen LogP contribution in [0.25, 0.3) is 0 Å². The van der Waals surface area contributed by atoms with E-state index >= 15 is 0 Å². The van der Waals surface area contributed by atoms with E-state index < -0.39 is 5.97 Å². The molecule has 0 aromatic heterocycles. The molecule has 6 heteroatoms. The highest BCUT2D eigenvalue weighted by Crippen LogP contribution is 2.26. The molecule has 1 N–H and O–H groups in total. The summed E-state index contributed by atoms with van der Waals surface area (Å²) in [7, 11) is 0. The van der Waals surface area contributed by atoms with Crippen LogP contribution < -0.4 is 10.1 Å². The van der Waals surface area contributed by atoms with E-state index in [0.29, 0.717) is 39.8 Å². The van der Waals surface area contributed by atoms with Gasteiger partial charge in [0, 0.05) is 10.7 Å². The summed E-state index contributed by atoms with van der Waals surface area (Å²) in [4.78, 5) is 25.1. The van der Waals surface area contributed by atoms with Crippen LogP contribution in [0.2, 0.25) is 5.02 Å². The summed E-state index contributed by atoms with van der Waals surface area (Å²) < 4.78 is 10.9. The molecule has 0 aliphatic carbocycles. The Labute approximate surface area is 180 Å². The van der Waals surface area contributed by atoms with Gasteiger partial charge in [-0.1, -0.05) is 48.0 Å². The van der Waals surface area contributed by atoms with Gasteiger partial charge >= 0.3 is 5.97 Å². The van der Waals surface area contributed by atoms with Crippen molar-refractivity contribution in [1.29, 1.82) is 0 Å². The summed E-state index contributed by atoms with van der Waals surface area (Å²) in [5, 5.41) is 3.26. The van der Waals surface area contributed by atoms with E-state index in [9.17, 15) is 9.59 Å². The molecule has 0 fully saturated rings. The fourth-order valence-electron chi connectivity index (χ4n) is 2.93. The average Bonchev–Trinajstić information content (AvgIpc) is 2.75. The van der Waals surface area contributed by atoms with Crippen LogP contribution in [-0.2, 0) is 11.3 Å². The second-order valence-electron chi connectivity index (χ2n) is 6.57. The van der Waals surface area contributed by atoms with Crippen molar-refractivity contribution in [3.63, 3.8) is 0 Å². The third kappa shape index (κ3) is 5.19. The summed E-state index contributed by atoms with van der Waals surface area (Å²) in [5.74, 6) is -0.398. The highest BCUT2D eigenvalue weighted by molar-refractivity contribution is 6.31. The third-order valence-electron chi connectivity index (χ3n) is 4.50. The lowest BCUT2D eigenvalue weighted by atomic mass is 10.1. The van der Waals surface area contributed by atoms with Gasteiger partial charge < -0.3 is 14.8 Å². The third-order valence-corrected chi connectivity index (χ3v) is 4.74. The molecule has 30 heavy (non-hydrogen) atoms. The predicted octanol–water partition coefficient (Wildman–Crippen LogP) is 5.66. The molecule has 3 aromatic carbocycles. The van der Waals surface area contributed by atoms with Gasteiger partial charge in [-0.05, 0) is 55.3 Å². The molecule has 3 rings (SSSR count). The molecule has 0 bridgehead atoms. The maximum absolute atomic E-state index is 13.0. The number of anilines is 1. The van der Waals surface area contributed by atoms with Gasteiger partial charge in [-0.25, -0.2) is 4.79 Å². The molecule has 0 saturated carbocycles. The zero-order chi connectivity index (χ0) is 21.5. The summed E-state index contributed by atoms with van der Waals surface area (Å²) in [6.07, 6.45) is 0. The number of benzene rings is 3. The standard InChI is InChI=1S/C24H22ClNO4/c1-3-29-24(28)19-10-7-11-21(16(19)2)26-23(27)20-14-18(25)12-13-22(20)30-15-17-8-5-4-6-9-17/h4-14H,3,15H2,1-2H3,(H,26,27). The fourth-order valence-corrected chi connectivity index (χ4v) is 3.10.